The summed E-state index contributed by atoms with van der Waals surface area (Å²) in [5, 5.41) is 10.6. The van der Waals surface area contributed by atoms with Crippen LogP contribution >= 0.6 is 0 Å². The third kappa shape index (κ3) is 2.92. The van der Waals surface area contributed by atoms with Crippen molar-refractivity contribution in [2.24, 2.45) is 7.05 Å². The second-order valence-electron chi connectivity index (χ2n) is 5.46. The summed E-state index contributed by atoms with van der Waals surface area (Å²) in [5.74, 6) is 0. The van der Waals surface area contributed by atoms with Gasteiger partial charge in [0.2, 0.25) is 0 Å². The smallest absolute Gasteiger partial charge is 0.390 e. The fourth-order valence-corrected chi connectivity index (χ4v) is 2.18. The van der Waals surface area contributed by atoms with Crippen LogP contribution in [0.25, 0.3) is 10.9 Å². The van der Waals surface area contributed by atoms with E-state index in [0.717, 1.165) is 23.2 Å². The minimum atomic E-state index is -4.34. The molecule has 5 heteroatoms. The predicted molar refractivity (Wildman–Crippen MR) is 67.9 cm³/mol. The van der Waals surface area contributed by atoms with Gasteiger partial charge < -0.3 is 9.67 Å². The molecule has 104 valence electrons. The molecule has 2 aromatic rings. The number of aryl methyl sites for hydroxylation is 1. The Bertz CT molecular complexity index is 605. The molecule has 1 N–H and O–H groups in total. The minimum Gasteiger partial charge on any atom is -0.390 e. The van der Waals surface area contributed by atoms with Crippen molar-refractivity contribution < 1.29 is 18.3 Å². The average Bonchev–Trinajstić information content (AvgIpc) is 2.52. The van der Waals surface area contributed by atoms with Crippen LogP contribution in [0.1, 0.15) is 25.1 Å². The zero-order chi connectivity index (χ0) is 14.4. The summed E-state index contributed by atoms with van der Waals surface area (Å²) in [6.07, 6.45) is -3.95. The molecular weight excluding hydrogens is 255 g/mol. The summed E-state index contributed by atoms with van der Waals surface area (Å²) in [6.45, 7) is 3.34. The Balaban J connectivity index is 2.53. The van der Waals surface area contributed by atoms with E-state index in [0.29, 0.717) is 11.9 Å². The van der Waals surface area contributed by atoms with Gasteiger partial charge in [-0.3, -0.25) is 0 Å². The summed E-state index contributed by atoms with van der Waals surface area (Å²) in [5.41, 5.74) is -0.221. The number of rotatable bonds is 2. The number of benzene rings is 1. The number of hydrogen-bond acceptors (Lipinski definition) is 1. The van der Waals surface area contributed by atoms with Gasteiger partial charge in [0, 0.05) is 24.7 Å². The number of halogens is 3. The maximum absolute atomic E-state index is 12.7. The van der Waals surface area contributed by atoms with Crippen LogP contribution < -0.4 is 0 Å². The molecule has 0 aliphatic heterocycles. The fourth-order valence-electron chi connectivity index (χ4n) is 2.18. The van der Waals surface area contributed by atoms with Crippen molar-refractivity contribution in [2.75, 3.05) is 0 Å². The third-order valence-corrected chi connectivity index (χ3v) is 3.09. The normalized spacial score (nSPS) is 13.2. The second-order valence-corrected chi connectivity index (χ2v) is 5.46. The van der Waals surface area contributed by atoms with E-state index >= 15 is 0 Å². The van der Waals surface area contributed by atoms with Gasteiger partial charge in [-0.1, -0.05) is 6.07 Å². The van der Waals surface area contributed by atoms with E-state index in [1.54, 1.807) is 25.5 Å². The van der Waals surface area contributed by atoms with Crippen LogP contribution in [-0.4, -0.2) is 15.3 Å². The van der Waals surface area contributed by atoms with E-state index < -0.39 is 17.3 Å². The summed E-state index contributed by atoms with van der Waals surface area (Å²) >= 11 is 0. The lowest BCUT2D eigenvalue weighted by Crippen LogP contribution is -2.23. The standard InChI is InChI=1S/C14H16F3NO/c1-13(2,19)8-11-6-9-4-5-10(14(15,16)17)7-12(9)18(11)3/h4-7,19H,8H2,1-3H3. The molecule has 1 heterocycles. The number of nitrogens with zero attached hydrogens (tertiary/aromatic N) is 1. The number of fused-ring (bicyclic) bond motifs is 1. The lowest BCUT2D eigenvalue weighted by Gasteiger charge is -2.17. The van der Waals surface area contributed by atoms with Gasteiger partial charge in [0.15, 0.2) is 0 Å². The van der Waals surface area contributed by atoms with Gasteiger partial charge in [-0.2, -0.15) is 13.2 Å². The molecule has 0 fully saturated rings. The summed E-state index contributed by atoms with van der Waals surface area (Å²) < 4.78 is 39.7. The highest BCUT2D eigenvalue weighted by atomic mass is 19.4. The van der Waals surface area contributed by atoms with Crippen LogP contribution in [0.2, 0.25) is 0 Å². The predicted octanol–water partition coefficient (Wildman–Crippen LogP) is 3.51. The molecule has 0 amide bonds. The van der Waals surface area contributed by atoms with Gasteiger partial charge >= 0.3 is 6.18 Å². The summed E-state index contributed by atoms with van der Waals surface area (Å²) in [6, 6.07) is 5.50. The highest BCUT2D eigenvalue weighted by molar-refractivity contribution is 5.82. The monoisotopic (exact) mass is 271 g/mol. The van der Waals surface area contributed by atoms with Gasteiger partial charge in [0.25, 0.3) is 0 Å². The first-order valence-corrected chi connectivity index (χ1v) is 5.96. The minimum absolute atomic E-state index is 0.388. The molecule has 0 saturated heterocycles. The maximum Gasteiger partial charge on any atom is 0.416 e. The summed E-state index contributed by atoms with van der Waals surface area (Å²) in [7, 11) is 1.71. The van der Waals surface area contributed by atoms with Gasteiger partial charge in [-0.25, -0.2) is 0 Å². The van der Waals surface area contributed by atoms with Gasteiger partial charge in [-0.15, -0.1) is 0 Å². The lowest BCUT2D eigenvalue weighted by molar-refractivity contribution is -0.137. The molecule has 0 aliphatic carbocycles. The molecule has 0 spiro atoms. The van der Waals surface area contributed by atoms with Crippen LogP contribution in [0.4, 0.5) is 13.2 Å². The number of aliphatic hydroxyl groups is 1. The van der Waals surface area contributed by atoms with E-state index in [1.807, 2.05) is 6.07 Å². The molecule has 1 aromatic carbocycles. The van der Waals surface area contributed by atoms with E-state index in [4.69, 9.17) is 0 Å². The first-order valence-electron chi connectivity index (χ1n) is 5.96. The Morgan fingerprint density at radius 3 is 2.32 bits per heavy atom. The van der Waals surface area contributed by atoms with E-state index in [2.05, 4.69) is 0 Å². The van der Waals surface area contributed by atoms with Gasteiger partial charge in [0.1, 0.15) is 0 Å². The van der Waals surface area contributed by atoms with Crippen molar-refractivity contribution in [3.8, 4) is 0 Å². The van der Waals surface area contributed by atoms with Crippen LogP contribution in [0.3, 0.4) is 0 Å². The number of alkyl halides is 3. The van der Waals surface area contributed by atoms with E-state index in [-0.39, 0.29) is 0 Å². The average molecular weight is 271 g/mol. The van der Waals surface area contributed by atoms with Crippen LogP contribution in [0.15, 0.2) is 24.3 Å². The van der Waals surface area contributed by atoms with Crippen LogP contribution in [0.5, 0.6) is 0 Å². The van der Waals surface area contributed by atoms with Gasteiger partial charge in [-0.05, 0) is 37.4 Å². The molecule has 19 heavy (non-hydrogen) atoms. The molecule has 1 aromatic heterocycles. The molecule has 0 unspecified atom stereocenters. The largest absolute Gasteiger partial charge is 0.416 e. The Kier molecular flexibility index (Phi) is 3.13. The van der Waals surface area contributed by atoms with Crippen LogP contribution in [0, 0.1) is 0 Å². The molecule has 0 bridgehead atoms. The molecular formula is C14H16F3NO. The van der Waals surface area contributed by atoms with Crippen molar-refractivity contribution in [1.82, 2.24) is 4.57 Å². The van der Waals surface area contributed by atoms with E-state index in [1.165, 1.54) is 6.07 Å². The maximum atomic E-state index is 12.7. The first kappa shape index (κ1) is 13.9. The van der Waals surface area contributed by atoms with Gasteiger partial charge in [0.05, 0.1) is 11.2 Å². The lowest BCUT2D eigenvalue weighted by atomic mass is 10.0. The highest BCUT2D eigenvalue weighted by Gasteiger charge is 2.31. The van der Waals surface area contributed by atoms with Crippen molar-refractivity contribution in [3.63, 3.8) is 0 Å². The Morgan fingerprint density at radius 1 is 1.16 bits per heavy atom. The first-order chi connectivity index (χ1) is 8.58. The zero-order valence-corrected chi connectivity index (χ0v) is 11.0. The highest BCUT2D eigenvalue weighted by Crippen LogP contribution is 2.32. The molecule has 0 radical (unpaired) electrons. The second kappa shape index (κ2) is 4.27. The third-order valence-electron chi connectivity index (χ3n) is 3.09. The zero-order valence-electron chi connectivity index (χ0n) is 11.0. The Hall–Kier alpha value is -1.49. The summed E-state index contributed by atoms with van der Waals surface area (Å²) in [4.78, 5) is 0. The molecule has 2 rings (SSSR count). The molecule has 0 aliphatic rings. The SMILES string of the molecule is Cn1c(CC(C)(C)O)cc2ccc(C(F)(F)F)cc21. The molecule has 0 atom stereocenters. The van der Waals surface area contributed by atoms with Crippen LogP contribution in [-0.2, 0) is 19.6 Å². The Labute approximate surface area is 109 Å². The van der Waals surface area contributed by atoms with Crippen molar-refractivity contribution >= 4 is 10.9 Å². The van der Waals surface area contributed by atoms with Crippen molar-refractivity contribution in [2.45, 2.75) is 32.0 Å². The van der Waals surface area contributed by atoms with E-state index in [9.17, 15) is 18.3 Å². The Morgan fingerprint density at radius 2 is 1.79 bits per heavy atom. The number of hydrogen-bond donors (Lipinski definition) is 1. The quantitative estimate of drug-likeness (QED) is 0.888. The fraction of sp³-hybridized carbons (Fsp3) is 0.429. The van der Waals surface area contributed by atoms with Crippen molar-refractivity contribution in [1.29, 1.82) is 0 Å². The topological polar surface area (TPSA) is 25.2 Å². The van der Waals surface area contributed by atoms with Crippen molar-refractivity contribution in [3.05, 3.63) is 35.5 Å². The molecule has 0 saturated carbocycles. The number of aromatic nitrogens is 1. The molecule has 2 nitrogen and oxygen atoms in total.